The molecule has 0 atom stereocenters. The van der Waals surface area contributed by atoms with Crippen LogP contribution in [-0.2, 0) is 11.2 Å². The zero-order chi connectivity index (χ0) is 16.1. The van der Waals surface area contributed by atoms with Crippen LogP contribution in [-0.4, -0.2) is 54.4 Å². The van der Waals surface area contributed by atoms with Crippen LogP contribution in [0.1, 0.15) is 36.8 Å². The third-order valence-electron chi connectivity index (χ3n) is 5.03. The number of likely N-dealkylation sites (tertiary alicyclic amines) is 1. The molecule has 0 saturated carbocycles. The van der Waals surface area contributed by atoms with Crippen LogP contribution in [0.25, 0.3) is 10.9 Å². The summed E-state index contributed by atoms with van der Waals surface area (Å²) in [5.74, 6) is 0.658. The quantitative estimate of drug-likeness (QED) is 0.772. The van der Waals surface area contributed by atoms with Gasteiger partial charge in [-0.05, 0) is 49.4 Å². The van der Waals surface area contributed by atoms with Crippen molar-refractivity contribution in [3.63, 3.8) is 0 Å². The van der Waals surface area contributed by atoms with Gasteiger partial charge in [-0.15, -0.1) is 0 Å². The van der Waals surface area contributed by atoms with E-state index in [1.165, 1.54) is 34.9 Å². The third kappa shape index (κ3) is 3.77. The highest BCUT2D eigenvalue weighted by molar-refractivity contribution is 5.86. The fraction of sp³-hybridized carbons (Fsp3) is 0.579. The number of hydrogen-bond acceptors (Lipinski definition) is 3. The van der Waals surface area contributed by atoms with Crippen LogP contribution < -0.4 is 0 Å². The highest BCUT2D eigenvalue weighted by atomic mass is 16.5. The maximum absolute atomic E-state index is 8.73. The highest BCUT2D eigenvalue weighted by Crippen LogP contribution is 2.34. The zero-order valence-corrected chi connectivity index (χ0v) is 14.1. The van der Waals surface area contributed by atoms with Gasteiger partial charge in [0, 0.05) is 23.6 Å². The number of rotatable bonds is 7. The summed E-state index contributed by atoms with van der Waals surface area (Å²) in [6.07, 6.45) is 5.73. The molecule has 0 spiro atoms. The van der Waals surface area contributed by atoms with E-state index < -0.39 is 0 Å². The van der Waals surface area contributed by atoms with Crippen LogP contribution in [0, 0.1) is 0 Å². The molecule has 126 valence electrons. The molecular formula is C19H28N2O2. The van der Waals surface area contributed by atoms with Gasteiger partial charge in [0.2, 0.25) is 0 Å². The lowest BCUT2D eigenvalue weighted by atomic mass is 9.89. The molecule has 1 aliphatic heterocycles. The molecule has 4 nitrogen and oxygen atoms in total. The summed E-state index contributed by atoms with van der Waals surface area (Å²) >= 11 is 0. The molecule has 1 aromatic heterocycles. The van der Waals surface area contributed by atoms with Gasteiger partial charge in [0.25, 0.3) is 0 Å². The predicted octanol–water partition coefficient (Wildman–Crippen LogP) is 2.92. The Labute approximate surface area is 138 Å². The number of nitrogens with one attached hydrogen (secondary N) is 1. The number of aliphatic hydroxyl groups excluding tert-OH is 1. The number of aromatic amines is 1. The largest absolute Gasteiger partial charge is 0.394 e. The van der Waals surface area contributed by atoms with Crippen molar-refractivity contribution in [1.29, 1.82) is 0 Å². The molecule has 2 heterocycles. The molecule has 0 unspecified atom stereocenters. The Hall–Kier alpha value is -1.36. The van der Waals surface area contributed by atoms with Gasteiger partial charge in [-0.1, -0.05) is 25.1 Å². The van der Waals surface area contributed by atoms with Crippen LogP contribution in [0.3, 0.4) is 0 Å². The molecule has 0 aliphatic carbocycles. The number of aromatic nitrogens is 1. The Balaban J connectivity index is 1.60. The lowest BCUT2D eigenvalue weighted by molar-refractivity contribution is 0.0680. The lowest BCUT2D eigenvalue weighted by Crippen LogP contribution is -2.35. The summed E-state index contributed by atoms with van der Waals surface area (Å²) in [6, 6.07) is 6.67. The fourth-order valence-corrected chi connectivity index (χ4v) is 3.70. The van der Waals surface area contributed by atoms with Crippen molar-refractivity contribution in [2.75, 3.05) is 39.5 Å². The summed E-state index contributed by atoms with van der Waals surface area (Å²) in [5, 5.41) is 10.1. The Bertz CT molecular complexity index is 615. The minimum atomic E-state index is 0.113. The second kappa shape index (κ2) is 7.95. The molecule has 1 aliphatic rings. The van der Waals surface area contributed by atoms with Crippen molar-refractivity contribution < 1.29 is 9.84 Å². The number of H-pyrrole nitrogens is 1. The fourth-order valence-electron chi connectivity index (χ4n) is 3.70. The van der Waals surface area contributed by atoms with Crippen molar-refractivity contribution in [2.45, 2.75) is 32.1 Å². The number of hydrogen-bond donors (Lipinski definition) is 2. The average Bonchev–Trinajstić information content (AvgIpc) is 3.03. The normalized spacial score (nSPS) is 17.1. The molecule has 1 aromatic carbocycles. The number of benzene rings is 1. The monoisotopic (exact) mass is 316 g/mol. The first kappa shape index (κ1) is 16.5. The van der Waals surface area contributed by atoms with Gasteiger partial charge in [0.15, 0.2) is 0 Å². The molecule has 1 saturated heterocycles. The molecule has 2 aromatic rings. The van der Waals surface area contributed by atoms with Gasteiger partial charge in [-0.3, -0.25) is 0 Å². The third-order valence-corrected chi connectivity index (χ3v) is 5.03. The average molecular weight is 316 g/mol. The molecule has 3 rings (SSSR count). The minimum Gasteiger partial charge on any atom is -0.394 e. The summed E-state index contributed by atoms with van der Waals surface area (Å²) in [6.45, 7) is 6.74. The first-order valence-electron chi connectivity index (χ1n) is 8.83. The van der Waals surface area contributed by atoms with Crippen LogP contribution in [0.2, 0.25) is 0 Å². The summed E-state index contributed by atoms with van der Waals surface area (Å²) in [7, 11) is 0. The summed E-state index contributed by atoms with van der Waals surface area (Å²) < 4.78 is 5.37. The molecule has 2 N–H and O–H groups in total. The van der Waals surface area contributed by atoms with Gasteiger partial charge in [-0.25, -0.2) is 0 Å². The summed E-state index contributed by atoms with van der Waals surface area (Å²) in [5.41, 5.74) is 4.23. The van der Waals surface area contributed by atoms with E-state index in [1.807, 2.05) is 0 Å². The number of piperidine rings is 1. The van der Waals surface area contributed by atoms with E-state index in [2.05, 4.69) is 41.2 Å². The van der Waals surface area contributed by atoms with Crippen LogP contribution in [0.15, 0.2) is 24.4 Å². The van der Waals surface area contributed by atoms with E-state index >= 15 is 0 Å². The summed E-state index contributed by atoms with van der Waals surface area (Å²) in [4.78, 5) is 5.98. The predicted molar refractivity (Wildman–Crippen MR) is 94.0 cm³/mol. The van der Waals surface area contributed by atoms with E-state index in [9.17, 15) is 0 Å². The number of nitrogens with zero attached hydrogens (tertiary/aromatic N) is 1. The Kier molecular flexibility index (Phi) is 5.70. The topological polar surface area (TPSA) is 48.5 Å². The molecule has 0 bridgehead atoms. The molecule has 0 radical (unpaired) electrons. The van der Waals surface area contributed by atoms with Gasteiger partial charge < -0.3 is 19.7 Å². The molecule has 23 heavy (non-hydrogen) atoms. The van der Waals surface area contributed by atoms with E-state index in [4.69, 9.17) is 9.84 Å². The van der Waals surface area contributed by atoms with Crippen LogP contribution >= 0.6 is 0 Å². The number of fused-ring (bicyclic) bond motifs is 1. The van der Waals surface area contributed by atoms with Crippen molar-refractivity contribution in [3.8, 4) is 0 Å². The van der Waals surface area contributed by atoms with Crippen LogP contribution in [0.5, 0.6) is 0 Å². The highest BCUT2D eigenvalue weighted by Gasteiger charge is 2.22. The SMILES string of the molecule is CCc1cccc2c(C3CCN(CCOCCO)CC3)c[nH]c12. The standard InChI is InChI=1S/C19H28N2O2/c1-2-15-4-3-5-17-18(14-20-19(15)17)16-6-8-21(9-7-16)10-12-23-13-11-22/h3-5,14,16,20,22H,2,6-13H2,1H3. The van der Waals surface area contributed by atoms with Crippen molar-refractivity contribution in [2.24, 2.45) is 0 Å². The Morgan fingerprint density at radius 1 is 1.26 bits per heavy atom. The molecule has 4 heteroatoms. The Morgan fingerprint density at radius 3 is 2.83 bits per heavy atom. The Morgan fingerprint density at radius 2 is 2.09 bits per heavy atom. The van der Waals surface area contributed by atoms with Crippen molar-refractivity contribution in [1.82, 2.24) is 9.88 Å². The first-order chi connectivity index (χ1) is 11.3. The molecule has 1 fully saturated rings. The maximum atomic E-state index is 8.73. The maximum Gasteiger partial charge on any atom is 0.0698 e. The van der Waals surface area contributed by atoms with Gasteiger partial charge in [-0.2, -0.15) is 0 Å². The van der Waals surface area contributed by atoms with Gasteiger partial charge in [0.1, 0.15) is 0 Å². The van der Waals surface area contributed by atoms with Crippen LogP contribution in [0.4, 0.5) is 0 Å². The lowest BCUT2D eigenvalue weighted by Gasteiger charge is -2.31. The zero-order valence-electron chi connectivity index (χ0n) is 14.1. The van der Waals surface area contributed by atoms with Gasteiger partial charge in [0.05, 0.1) is 19.8 Å². The van der Waals surface area contributed by atoms with Gasteiger partial charge >= 0.3 is 0 Å². The van der Waals surface area contributed by atoms with Crippen molar-refractivity contribution in [3.05, 3.63) is 35.5 Å². The molecular weight excluding hydrogens is 288 g/mol. The van der Waals surface area contributed by atoms with Crippen molar-refractivity contribution >= 4 is 10.9 Å². The number of ether oxygens (including phenoxy) is 1. The van der Waals surface area contributed by atoms with E-state index in [0.717, 1.165) is 32.7 Å². The van der Waals surface area contributed by atoms with E-state index in [-0.39, 0.29) is 6.61 Å². The number of aryl methyl sites for hydroxylation is 1. The second-order valence-electron chi connectivity index (χ2n) is 6.39. The smallest absolute Gasteiger partial charge is 0.0698 e. The number of para-hydroxylation sites is 1. The van der Waals surface area contributed by atoms with E-state index in [1.54, 1.807) is 0 Å². The second-order valence-corrected chi connectivity index (χ2v) is 6.39. The minimum absolute atomic E-state index is 0.113. The van der Waals surface area contributed by atoms with E-state index in [0.29, 0.717) is 12.5 Å². The number of aliphatic hydroxyl groups is 1. The first-order valence-corrected chi connectivity index (χ1v) is 8.83. The molecule has 0 amide bonds.